The molecular weight excluding hydrogens is 336 g/mol. The molecule has 0 saturated heterocycles. The number of benzene rings is 1. The standard InChI is InChI=1S/C18H20N4O2S/c1-4-5-11-25-17-19-15-14(16(23)21(3)18(24)20(15)2)22(17)12-13-9-7-6-8-10-13/h4-10H,11-12H2,1-3H3/b5-4-. The lowest BCUT2D eigenvalue weighted by atomic mass is 10.2. The Bertz CT molecular complexity index is 1040. The van der Waals surface area contributed by atoms with Crippen molar-refractivity contribution in [2.45, 2.75) is 18.6 Å². The van der Waals surface area contributed by atoms with Crippen molar-refractivity contribution < 1.29 is 0 Å². The lowest BCUT2D eigenvalue weighted by Gasteiger charge is -2.09. The molecule has 0 spiro atoms. The van der Waals surface area contributed by atoms with Gasteiger partial charge in [0, 0.05) is 19.8 Å². The van der Waals surface area contributed by atoms with Crippen LogP contribution in [0.1, 0.15) is 12.5 Å². The number of fused-ring (bicyclic) bond motifs is 1. The highest BCUT2D eigenvalue weighted by molar-refractivity contribution is 7.99. The first-order chi connectivity index (χ1) is 12.0. The summed E-state index contributed by atoms with van der Waals surface area (Å²) in [7, 11) is 3.14. The van der Waals surface area contributed by atoms with Crippen LogP contribution >= 0.6 is 11.8 Å². The van der Waals surface area contributed by atoms with Gasteiger partial charge in [0.05, 0.1) is 6.54 Å². The Morgan fingerprint density at radius 2 is 1.84 bits per heavy atom. The van der Waals surface area contributed by atoms with Crippen LogP contribution in [0.25, 0.3) is 11.2 Å². The molecule has 0 atom stereocenters. The summed E-state index contributed by atoms with van der Waals surface area (Å²) in [5.74, 6) is 0.753. The van der Waals surface area contributed by atoms with E-state index >= 15 is 0 Å². The Labute approximate surface area is 149 Å². The average molecular weight is 356 g/mol. The predicted octanol–water partition coefficient (Wildman–Crippen LogP) is 2.15. The van der Waals surface area contributed by atoms with Crippen LogP contribution in [0.5, 0.6) is 0 Å². The van der Waals surface area contributed by atoms with Crippen molar-refractivity contribution in [3.05, 3.63) is 68.9 Å². The summed E-state index contributed by atoms with van der Waals surface area (Å²) in [4.78, 5) is 29.5. The van der Waals surface area contributed by atoms with Crippen molar-refractivity contribution in [3.63, 3.8) is 0 Å². The molecule has 130 valence electrons. The zero-order valence-electron chi connectivity index (χ0n) is 14.5. The van der Waals surface area contributed by atoms with Crippen LogP contribution in [0.15, 0.2) is 57.2 Å². The van der Waals surface area contributed by atoms with Gasteiger partial charge in [-0.3, -0.25) is 13.9 Å². The lowest BCUT2D eigenvalue weighted by Crippen LogP contribution is -2.37. The molecule has 7 heteroatoms. The van der Waals surface area contributed by atoms with E-state index in [9.17, 15) is 9.59 Å². The maximum atomic E-state index is 12.7. The minimum absolute atomic E-state index is 0.320. The lowest BCUT2D eigenvalue weighted by molar-refractivity contribution is 0.696. The van der Waals surface area contributed by atoms with Gasteiger partial charge in [0.1, 0.15) is 0 Å². The van der Waals surface area contributed by atoms with E-state index in [0.717, 1.165) is 21.0 Å². The largest absolute Gasteiger partial charge is 0.332 e. The molecule has 0 amide bonds. The Balaban J connectivity index is 2.24. The van der Waals surface area contributed by atoms with Crippen LogP contribution in [0.2, 0.25) is 0 Å². The van der Waals surface area contributed by atoms with E-state index in [4.69, 9.17) is 0 Å². The molecule has 3 rings (SSSR count). The van der Waals surface area contributed by atoms with Crippen molar-refractivity contribution in [2.24, 2.45) is 14.1 Å². The second-order valence-corrected chi connectivity index (χ2v) is 6.71. The molecule has 1 aromatic carbocycles. The van der Waals surface area contributed by atoms with Gasteiger partial charge in [-0.2, -0.15) is 0 Å². The zero-order chi connectivity index (χ0) is 18.0. The van der Waals surface area contributed by atoms with E-state index in [0.29, 0.717) is 17.7 Å². The average Bonchev–Trinajstić information content (AvgIpc) is 2.98. The smallest absolute Gasteiger partial charge is 0.309 e. The molecule has 0 bridgehead atoms. The molecule has 25 heavy (non-hydrogen) atoms. The van der Waals surface area contributed by atoms with Crippen LogP contribution in [0, 0.1) is 0 Å². The summed E-state index contributed by atoms with van der Waals surface area (Å²) < 4.78 is 4.46. The van der Waals surface area contributed by atoms with E-state index in [2.05, 4.69) is 4.98 Å². The van der Waals surface area contributed by atoms with Crippen LogP contribution in [0.4, 0.5) is 0 Å². The van der Waals surface area contributed by atoms with Gasteiger partial charge in [-0.15, -0.1) is 0 Å². The Morgan fingerprint density at radius 3 is 2.52 bits per heavy atom. The van der Waals surface area contributed by atoms with Crippen LogP contribution < -0.4 is 11.2 Å². The van der Waals surface area contributed by atoms with Gasteiger partial charge in [-0.25, -0.2) is 9.78 Å². The van der Waals surface area contributed by atoms with Crippen molar-refractivity contribution >= 4 is 22.9 Å². The van der Waals surface area contributed by atoms with E-state index < -0.39 is 0 Å². The number of aryl methyl sites for hydroxylation is 1. The highest BCUT2D eigenvalue weighted by Crippen LogP contribution is 2.23. The van der Waals surface area contributed by atoms with Gasteiger partial charge in [0.15, 0.2) is 16.3 Å². The zero-order valence-corrected chi connectivity index (χ0v) is 15.3. The van der Waals surface area contributed by atoms with Gasteiger partial charge in [0.25, 0.3) is 5.56 Å². The fraction of sp³-hybridized carbons (Fsp3) is 0.278. The SMILES string of the molecule is C/C=C\CSc1nc2c(c(=O)n(C)c(=O)n2C)n1Cc1ccccc1. The van der Waals surface area contributed by atoms with Crippen LogP contribution in [-0.4, -0.2) is 24.4 Å². The summed E-state index contributed by atoms with van der Waals surface area (Å²) >= 11 is 1.55. The van der Waals surface area contributed by atoms with Crippen LogP contribution in [-0.2, 0) is 20.6 Å². The molecule has 2 heterocycles. The number of hydrogen-bond acceptors (Lipinski definition) is 4. The Morgan fingerprint density at radius 1 is 1.12 bits per heavy atom. The second kappa shape index (κ2) is 7.14. The Kier molecular flexibility index (Phi) is 4.94. The summed E-state index contributed by atoms with van der Waals surface area (Å²) in [6.45, 7) is 2.50. The third-order valence-corrected chi connectivity index (χ3v) is 4.97. The Hall–Kier alpha value is -2.54. The van der Waals surface area contributed by atoms with Crippen LogP contribution in [0.3, 0.4) is 0 Å². The molecule has 0 aliphatic rings. The molecule has 0 radical (unpaired) electrons. The van der Waals surface area contributed by atoms with Gasteiger partial charge < -0.3 is 4.57 Å². The van der Waals surface area contributed by atoms with E-state index in [1.165, 1.54) is 11.6 Å². The van der Waals surface area contributed by atoms with Gasteiger partial charge in [-0.05, 0) is 12.5 Å². The number of imidazole rings is 1. The first kappa shape index (κ1) is 17.3. The molecule has 0 unspecified atom stereocenters. The fourth-order valence-electron chi connectivity index (χ4n) is 2.67. The van der Waals surface area contributed by atoms with Gasteiger partial charge >= 0.3 is 5.69 Å². The predicted molar refractivity (Wildman–Crippen MR) is 101 cm³/mol. The molecule has 0 aliphatic heterocycles. The molecule has 6 nitrogen and oxygen atoms in total. The van der Waals surface area contributed by atoms with Crippen molar-refractivity contribution in [1.82, 2.24) is 18.7 Å². The molecular formula is C18H20N4O2S. The third kappa shape index (κ3) is 3.19. The maximum absolute atomic E-state index is 12.7. The molecule has 0 aliphatic carbocycles. The van der Waals surface area contributed by atoms with Crippen molar-refractivity contribution in [1.29, 1.82) is 0 Å². The van der Waals surface area contributed by atoms with Crippen molar-refractivity contribution in [2.75, 3.05) is 5.75 Å². The fourth-order valence-corrected chi connectivity index (χ4v) is 3.57. The molecule has 0 fully saturated rings. The highest BCUT2D eigenvalue weighted by Gasteiger charge is 2.19. The molecule has 0 N–H and O–H groups in total. The molecule has 0 saturated carbocycles. The minimum Gasteiger partial charge on any atom is -0.309 e. The van der Waals surface area contributed by atoms with E-state index in [-0.39, 0.29) is 11.2 Å². The number of aromatic nitrogens is 4. The van der Waals surface area contributed by atoms with Gasteiger partial charge in [-0.1, -0.05) is 54.2 Å². The maximum Gasteiger partial charge on any atom is 0.332 e. The number of nitrogens with zero attached hydrogens (tertiary/aromatic N) is 4. The highest BCUT2D eigenvalue weighted by atomic mass is 32.2. The minimum atomic E-state index is -0.369. The summed E-state index contributed by atoms with van der Waals surface area (Å²) in [6.07, 6.45) is 4.01. The summed E-state index contributed by atoms with van der Waals surface area (Å²) in [5, 5.41) is 0.732. The number of allylic oxidation sites excluding steroid dienone is 1. The summed E-state index contributed by atoms with van der Waals surface area (Å²) in [6, 6.07) is 9.92. The topological polar surface area (TPSA) is 61.8 Å². The first-order valence-corrected chi connectivity index (χ1v) is 8.97. The van der Waals surface area contributed by atoms with Gasteiger partial charge in [0.2, 0.25) is 0 Å². The normalized spacial score (nSPS) is 11.6. The molecule has 3 aromatic rings. The van der Waals surface area contributed by atoms with E-state index in [1.807, 2.05) is 54.0 Å². The third-order valence-electron chi connectivity index (χ3n) is 4.04. The molecule has 2 aromatic heterocycles. The second-order valence-electron chi connectivity index (χ2n) is 5.72. The first-order valence-electron chi connectivity index (χ1n) is 7.98. The van der Waals surface area contributed by atoms with Crippen molar-refractivity contribution in [3.8, 4) is 0 Å². The number of hydrogen-bond donors (Lipinski definition) is 0. The number of thioether (sulfide) groups is 1. The number of rotatable bonds is 5. The summed E-state index contributed by atoms with van der Waals surface area (Å²) in [5.41, 5.74) is 1.26. The van der Waals surface area contributed by atoms with E-state index in [1.54, 1.807) is 18.8 Å². The quantitative estimate of drug-likeness (QED) is 0.519. The monoisotopic (exact) mass is 356 g/mol.